The summed E-state index contributed by atoms with van der Waals surface area (Å²) < 4.78 is 21.3. The molecular weight excluding hydrogens is 450 g/mol. The Bertz CT molecular complexity index is 1110. The van der Waals surface area contributed by atoms with Crippen LogP contribution in [0, 0.1) is 0 Å². The van der Waals surface area contributed by atoms with E-state index in [1.54, 1.807) is 18.2 Å². The van der Waals surface area contributed by atoms with E-state index in [-0.39, 0.29) is 27.7 Å². The first kappa shape index (κ1) is 24.3. The highest BCUT2D eigenvalue weighted by molar-refractivity contribution is 6.46. The Labute approximate surface area is 197 Å². The van der Waals surface area contributed by atoms with Gasteiger partial charge in [0.15, 0.2) is 11.5 Å². The van der Waals surface area contributed by atoms with Crippen LogP contribution in [0.1, 0.15) is 30.5 Å². The standard InChI is InChI=1S/C24H26ClNO7/c1-6-9-26-21(13-7-8-16(30-2)19(10-13)33-5)20(23(28)24(26)29)22(27)14-11-18(32-4)15(25)12-17(14)31-3/h7-8,10-12,21,27H,6,9H2,1-5H3/b22-20+. The zero-order valence-corrected chi connectivity index (χ0v) is 19.9. The first-order chi connectivity index (χ1) is 15.8. The molecule has 1 saturated heterocycles. The number of aliphatic hydroxyl groups is 1. The number of ether oxygens (including phenoxy) is 4. The van der Waals surface area contributed by atoms with Gasteiger partial charge in [-0.2, -0.15) is 0 Å². The summed E-state index contributed by atoms with van der Waals surface area (Å²) >= 11 is 6.19. The molecule has 0 bridgehead atoms. The molecule has 2 aromatic carbocycles. The van der Waals surface area contributed by atoms with E-state index < -0.39 is 23.5 Å². The minimum Gasteiger partial charge on any atom is -0.507 e. The fraction of sp³-hybridized carbons (Fsp3) is 0.333. The maximum absolute atomic E-state index is 13.1. The molecule has 8 nitrogen and oxygen atoms in total. The topological polar surface area (TPSA) is 94.5 Å². The smallest absolute Gasteiger partial charge is 0.295 e. The summed E-state index contributed by atoms with van der Waals surface area (Å²) in [6, 6.07) is 7.21. The van der Waals surface area contributed by atoms with Crippen molar-refractivity contribution in [3.8, 4) is 23.0 Å². The van der Waals surface area contributed by atoms with Gasteiger partial charge in [-0.3, -0.25) is 9.59 Å². The minimum absolute atomic E-state index is 0.0663. The van der Waals surface area contributed by atoms with Gasteiger partial charge in [-0.05, 0) is 30.2 Å². The van der Waals surface area contributed by atoms with Crippen molar-refractivity contribution in [1.82, 2.24) is 4.90 Å². The molecule has 33 heavy (non-hydrogen) atoms. The van der Waals surface area contributed by atoms with E-state index in [2.05, 4.69) is 0 Å². The third-order valence-corrected chi connectivity index (χ3v) is 5.75. The van der Waals surface area contributed by atoms with E-state index in [9.17, 15) is 14.7 Å². The van der Waals surface area contributed by atoms with E-state index >= 15 is 0 Å². The molecule has 1 N–H and O–H groups in total. The van der Waals surface area contributed by atoms with E-state index in [1.165, 1.54) is 45.5 Å². The number of Topliss-reactive ketones (excluding diaryl/α,β-unsaturated/α-hetero) is 1. The number of benzene rings is 2. The molecule has 0 aliphatic carbocycles. The van der Waals surface area contributed by atoms with Crippen molar-refractivity contribution in [3.05, 3.63) is 52.1 Å². The highest BCUT2D eigenvalue weighted by Crippen LogP contribution is 2.44. The molecule has 1 atom stereocenters. The molecule has 1 unspecified atom stereocenters. The number of likely N-dealkylation sites (tertiary alicyclic amines) is 1. The molecule has 0 radical (unpaired) electrons. The molecular formula is C24H26ClNO7. The van der Waals surface area contributed by atoms with Gasteiger partial charge in [-0.25, -0.2) is 0 Å². The fourth-order valence-corrected chi connectivity index (χ4v) is 4.14. The molecule has 3 rings (SSSR count). The van der Waals surface area contributed by atoms with Crippen LogP contribution in [-0.2, 0) is 9.59 Å². The first-order valence-corrected chi connectivity index (χ1v) is 10.6. The van der Waals surface area contributed by atoms with Gasteiger partial charge in [0.25, 0.3) is 11.7 Å². The van der Waals surface area contributed by atoms with E-state index in [4.69, 9.17) is 30.5 Å². The second-order valence-electron chi connectivity index (χ2n) is 7.29. The minimum atomic E-state index is -0.837. The Morgan fingerprint density at radius 3 is 2.15 bits per heavy atom. The van der Waals surface area contributed by atoms with Gasteiger partial charge in [0.05, 0.1) is 50.6 Å². The molecule has 1 aliphatic rings. The number of nitrogens with zero attached hydrogens (tertiary/aromatic N) is 1. The zero-order valence-electron chi connectivity index (χ0n) is 19.1. The van der Waals surface area contributed by atoms with Crippen molar-refractivity contribution in [2.24, 2.45) is 0 Å². The average molecular weight is 476 g/mol. The van der Waals surface area contributed by atoms with Crippen LogP contribution in [-0.4, -0.2) is 56.7 Å². The second kappa shape index (κ2) is 10.0. The second-order valence-corrected chi connectivity index (χ2v) is 7.70. The number of carbonyl (C=O) groups excluding carboxylic acids is 2. The highest BCUT2D eigenvalue weighted by atomic mass is 35.5. The largest absolute Gasteiger partial charge is 0.507 e. The van der Waals surface area contributed by atoms with Crippen LogP contribution >= 0.6 is 11.6 Å². The van der Waals surface area contributed by atoms with Crippen molar-refractivity contribution in [3.63, 3.8) is 0 Å². The van der Waals surface area contributed by atoms with Gasteiger partial charge in [0.1, 0.15) is 17.3 Å². The lowest BCUT2D eigenvalue weighted by molar-refractivity contribution is -0.139. The number of aliphatic hydroxyl groups excluding tert-OH is 1. The van der Waals surface area contributed by atoms with Crippen LogP contribution in [0.4, 0.5) is 0 Å². The molecule has 0 spiro atoms. The molecule has 1 heterocycles. The Morgan fingerprint density at radius 1 is 0.939 bits per heavy atom. The molecule has 0 saturated carbocycles. The number of hydrogen-bond donors (Lipinski definition) is 1. The lowest BCUT2D eigenvalue weighted by Crippen LogP contribution is -2.30. The van der Waals surface area contributed by atoms with E-state index in [0.29, 0.717) is 30.0 Å². The Kier molecular flexibility index (Phi) is 7.38. The number of carbonyl (C=O) groups is 2. The van der Waals surface area contributed by atoms with E-state index in [1.807, 2.05) is 6.92 Å². The van der Waals surface area contributed by atoms with Crippen molar-refractivity contribution in [2.75, 3.05) is 35.0 Å². The lowest BCUT2D eigenvalue weighted by atomic mass is 9.94. The first-order valence-electron chi connectivity index (χ1n) is 10.2. The number of hydrogen-bond acceptors (Lipinski definition) is 7. The number of ketones is 1. The van der Waals surface area contributed by atoms with Crippen molar-refractivity contribution in [2.45, 2.75) is 19.4 Å². The molecule has 1 fully saturated rings. The number of methoxy groups -OCH3 is 4. The van der Waals surface area contributed by atoms with E-state index in [0.717, 1.165) is 0 Å². The Morgan fingerprint density at radius 2 is 1.58 bits per heavy atom. The quantitative estimate of drug-likeness (QED) is 0.347. The number of amides is 1. The maximum atomic E-state index is 13.1. The van der Waals surface area contributed by atoms with Crippen LogP contribution in [0.3, 0.4) is 0 Å². The van der Waals surface area contributed by atoms with Crippen LogP contribution in [0.25, 0.3) is 5.76 Å². The maximum Gasteiger partial charge on any atom is 0.295 e. The van der Waals surface area contributed by atoms with Gasteiger partial charge in [-0.15, -0.1) is 0 Å². The Balaban J connectivity index is 2.29. The SMILES string of the molecule is CCCN1C(=O)C(=O)/C(=C(/O)c2cc(OC)c(Cl)cc2OC)C1c1ccc(OC)c(OC)c1. The van der Waals surface area contributed by atoms with Crippen molar-refractivity contribution < 1.29 is 33.6 Å². The molecule has 0 aromatic heterocycles. The highest BCUT2D eigenvalue weighted by Gasteiger charge is 2.46. The van der Waals surface area contributed by atoms with Gasteiger partial charge in [0.2, 0.25) is 0 Å². The summed E-state index contributed by atoms with van der Waals surface area (Å²) in [4.78, 5) is 27.5. The monoisotopic (exact) mass is 475 g/mol. The molecule has 1 amide bonds. The lowest BCUT2D eigenvalue weighted by Gasteiger charge is -2.25. The van der Waals surface area contributed by atoms with Crippen LogP contribution in [0.15, 0.2) is 35.9 Å². The normalized spacial score (nSPS) is 17.3. The predicted molar refractivity (Wildman–Crippen MR) is 123 cm³/mol. The third kappa shape index (κ3) is 4.30. The van der Waals surface area contributed by atoms with Crippen LogP contribution < -0.4 is 18.9 Å². The Hall–Kier alpha value is -3.39. The molecule has 2 aromatic rings. The van der Waals surface area contributed by atoms with Crippen molar-refractivity contribution >= 4 is 29.1 Å². The number of halogens is 1. The van der Waals surface area contributed by atoms with Gasteiger partial charge >= 0.3 is 0 Å². The summed E-state index contributed by atoms with van der Waals surface area (Å²) in [6.45, 7) is 2.22. The zero-order chi connectivity index (χ0) is 24.3. The average Bonchev–Trinajstić information content (AvgIpc) is 3.08. The third-order valence-electron chi connectivity index (χ3n) is 5.46. The van der Waals surface area contributed by atoms with Gasteiger partial charge < -0.3 is 29.0 Å². The van der Waals surface area contributed by atoms with Crippen LogP contribution in [0.2, 0.25) is 5.02 Å². The summed E-state index contributed by atoms with van der Waals surface area (Å²) in [5.41, 5.74) is 0.698. The summed E-state index contributed by atoms with van der Waals surface area (Å²) in [5, 5.41) is 11.6. The van der Waals surface area contributed by atoms with Crippen molar-refractivity contribution in [1.29, 1.82) is 0 Å². The van der Waals surface area contributed by atoms with Gasteiger partial charge in [0, 0.05) is 12.6 Å². The summed E-state index contributed by atoms with van der Waals surface area (Å²) in [5.74, 6) is -0.440. The fourth-order valence-electron chi connectivity index (χ4n) is 3.91. The predicted octanol–water partition coefficient (Wildman–Crippen LogP) is 4.21. The molecule has 176 valence electrons. The summed E-state index contributed by atoms with van der Waals surface area (Å²) in [7, 11) is 5.86. The molecule has 9 heteroatoms. The molecule has 1 aliphatic heterocycles. The van der Waals surface area contributed by atoms with Gasteiger partial charge in [-0.1, -0.05) is 24.6 Å². The number of rotatable bonds is 8. The summed E-state index contributed by atoms with van der Waals surface area (Å²) in [6.07, 6.45) is 0.620. The van der Waals surface area contributed by atoms with Crippen LogP contribution in [0.5, 0.6) is 23.0 Å².